The molecule has 0 N–H and O–H groups in total. The van der Waals surface area contributed by atoms with E-state index in [2.05, 4.69) is 43.1 Å². The highest BCUT2D eigenvalue weighted by Crippen LogP contribution is 2.32. The monoisotopic (exact) mass is 385 g/mol. The highest BCUT2D eigenvalue weighted by atomic mass is 32.1. The molecule has 1 atom stereocenters. The third kappa shape index (κ3) is 3.92. The van der Waals surface area contributed by atoms with Gasteiger partial charge in [0.05, 0.1) is 18.8 Å². The molecule has 6 heteroatoms. The molecule has 2 aromatic heterocycles. The molecular formula is C21H27N3O2S. The van der Waals surface area contributed by atoms with E-state index >= 15 is 0 Å². The number of nitrogens with zero attached hydrogens (tertiary/aromatic N) is 3. The maximum Gasteiger partial charge on any atom is 0.226 e. The molecule has 0 aliphatic rings. The van der Waals surface area contributed by atoms with Crippen LogP contribution >= 0.6 is 11.3 Å². The number of benzene rings is 1. The second kappa shape index (κ2) is 7.82. The first-order chi connectivity index (χ1) is 12.8. The molecule has 0 saturated carbocycles. The minimum Gasteiger partial charge on any atom is -0.496 e. The molecule has 0 saturated heterocycles. The molecule has 0 bridgehead atoms. The van der Waals surface area contributed by atoms with Gasteiger partial charge in [-0.1, -0.05) is 0 Å². The van der Waals surface area contributed by atoms with Crippen molar-refractivity contribution in [1.82, 2.24) is 14.9 Å². The van der Waals surface area contributed by atoms with Crippen LogP contribution in [-0.2, 0) is 6.54 Å². The molecule has 0 aliphatic carbocycles. The number of hydrogen-bond acceptors (Lipinski definition) is 6. The van der Waals surface area contributed by atoms with Crippen LogP contribution in [0.2, 0.25) is 0 Å². The number of aromatic nitrogens is 2. The Morgan fingerprint density at radius 3 is 2.52 bits per heavy atom. The van der Waals surface area contributed by atoms with Crippen molar-refractivity contribution in [2.24, 2.45) is 0 Å². The average molecular weight is 386 g/mol. The minimum absolute atomic E-state index is 0.230. The molecule has 3 aromatic rings. The highest BCUT2D eigenvalue weighted by molar-refractivity contribution is 7.09. The zero-order valence-electron chi connectivity index (χ0n) is 17.1. The molecule has 0 aliphatic heterocycles. The fraction of sp³-hybridized carbons (Fsp3) is 0.429. The van der Waals surface area contributed by atoms with Crippen LogP contribution in [0.3, 0.4) is 0 Å². The Morgan fingerprint density at radius 1 is 1.15 bits per heavy atom. The summed E-state index contributed by atoms with van der Waals surface area (Å²) in [6, 6.07) is 4.21. The molecule has 0 radical (unpaired) electrons. The average Bonchev–Trinajstić information content (AvgIpc) is 3.22. The van der Waals surface area contributed by atoms with Crippen LogP contribution in [0.5, 0.6) is 5.75 Å². The molecule has 1 aromatic carbocycles. The van der Waals surface area contributed by atoms with Crippen molar-refractivity contribution >= 4 is 11.3 Å². The summed E-state index contributed by atoms with van der Waals surface area (Å²) < 4.78 is 11.4. The van der Waals surface area contributed by atoms with Crippen molar-refractivity contribution in [1.29, 1.82) is 0 Å². The van der Waals surface area contributed by atoms with Crippen molar-refractivity contribution in [2.45, 2.75) is 47.2 Å². The van der Waals surface area contributed by atoms with Gasteiger partial charge in [0.2, 0.25) is 5.89 Å². The number of aryl methyl sites for hydroxylation is 2. The summed E-state index contributed by atoms with van der Waals surface area (Å²) in [7, 11) is 3.79. The van der Waals surface area contributed by atoms with Gasteiger partial charge in [0, 0.05) is 23.2 Å². The largest absolute Gasteiger partial charge is 0.496 e. The normalized spacial score (nSPS) is 12.6. The van der Waals surface area contributed by atoms with Gasteiger partial charge in [0.1, 0.15) is 16.5 Å². The quantitative estimate of drug-likeness (QED) is 0.581. The summed E-state index contributed by atoms with van der Waals surface area (Å²) in [6.07, 6.45) is 0. The molecule has 0 unspecified atom stereocenters. The van der Waals surface area contributed by atoms with E-state index in [4.69, 9.17) is 14.1 Å². The van der Waals surface area contributed by atoms with Crippen molar-refractivity contribution in [2.75, 3.05) is 14.2 Å². The number of rotatable bonds is 6. The third-order valence-corrected chi connectivity index (χ3v) is 6.27. The predicted octanol–water partition coefficient (Wildman–Crippen LogP) is 5.23. The Morgan fingerprint density at radius 2 is 1.89 bits per heavy atom. The van der Waals surface area contributed by atoms with Crippen LogP contribution in [0.4, 0.5) is 0 Å². The lowest BCUT2D eigenvalue weighted by Crippen LogP contribution is -2.22. The molecule has 5 nitrogen and oxygen atoms in total. The van der Waals surface area contributed by atoms with Crippen molar-refractivity contribution in [3.05, 3.63) is 50.8 Å². The second-order valence-corrected chi connectivity index (χ2v) is 7.90. The smallest absolute Gasteiger partial charge is 0.226 e. The maximum absolute atomic E-state index is 6.01. The lowest BCUT2D eigenvalue weighted by atomic mass is 10.0. The van der Waals surface area contributed by atoms with Gasteiger partial charge in [0.15, 0.2) is 0 Å². The van der Waals surface area contributed by atoms with Crippen LogP contribution in [0.15, 0.2) is 21.9 Å². The second-order valence-electron chi connectivity index (χ2n) is 7.01. The van der Waals surface area contributed by atoms with Gasteiger partial charge in [0.25, 0.3) is 0 Å². The molecular weight excluding hydrogens is 358 g/mol. The summed E-state index contributed by atoms with van der Waals surface area (Å²) in [5.41, 5.74) is 5.27. The van der Waals surface area contributed by atoms with Gasteiger partial charge in [-0.2, -0.15) is 0 Å². The van der Waals surface area contributed by atoms with E-state index in [9.17, 15) is 0 Å². The zero-order valence-corrected chi connectivity index (χ0v) is 17.9. The summed E-state index contributed by atoms with van der Waals surface area (Å²) in [5.74, 6) is 2.40. The van der Waals surface area contributed by atoms with Gasteiger partial charge < -0.3 is 9.15 Å². The summed E-state index contributed by atoms with van der Waals surface area (Å²) in [5, 5.41) is 3.21. The van der Waals surface area contributed by atoms with Crippen LogP contribution < -0.4 is 4.74 Å². The van der Waals surface area contributed by atoms with Crippen LogP contribution in [0.25, 0.3) is 11.5 Å². The van der Waals surface area contributed by atoms with E-state index in [0.29, 0.717) is 12.4 Å². The lowest BCUT2D eigenvalue weighted by molar-refractivity contribution is 0.248. The van der Waals surface area contributed by atoms with E-state index in [1.165, 1.54) is 0 Å². The predicted molar refractivity (Wildman–Crippen MR) is 109 cm³/mol. The van der Waals surface area contributed by atoms with Gasteiger partial charge in [-0.25, -0.2) is 9.97 Å². The van der Waals surface area contributed by atoms with Crippen molar-refractivity contribution in [3.63, 3.8) is 0 Å². The first-order valence-corrected chi connectivity index (χ1v) is 9.93. The number of methoxy groups -OCH3 is 1. The topological polar surface area (TPSA) is 51.4 Å². The van der Waals surface area contributed by atoms with E-state index in [0.717, 1.165) is 44.6 Å². The molecule has 27 heavy (non-hydrogen) atoms. The Balaban J connectivity index is 1.84. The van der Waals surface area contributed by atoms with Crippen LogP contribution in [0.1, 0.15) is 46.2 Å². The van der Waals surface area contributed by atoms with E-state index in [-0.39, 0.29) is 6.04 Å². The number of oxazole rings is 1. The Bertz CT molecular complexity index is 945. The van der Waals surface area contributed by atoms with Gasteiger partial charge in [-0.05, 0) is 64.9 Å². The Labute approximate surface area is 165 Å². The summed E-state index contributed by atoms with van der Waals surface area (Å²) in [4.78, 5) is 11.6. The van der Waals surface area contributed by atoms with Crippen LogP contribution in [0, 0.1) is 27.7 Å². The Kier molecular flexibility index (Phi) is 5.67. The molecule has 0 spiro atoms. The molecule has 0 amide bonds. The highest BCUT2D eigenvalue weighted by Gasteiger charge is 2.20. The fourth-order valence-corrected chi connectivity index (χ4v) is 3.98. The minimum atomic E-state index is 0.230. The van der Waals surface area contributed by atoms with E-state index in [1.54, 1.807) is 18.4 Å². The first-order valence-electron chi connectivity index (χ1n) is 9.05. The van der Waals surface area contributed by atoms with Crippen molar-refractivity contribution in [3.8, 4) is 17.2 Å². The van der Waals surface area contributed by atoms with E-state index < -0.39 is 0 Å². The lowest BCUT2D eigenvalue weighted by Gasteiger charge is -2.21. The summed E-state index contributed by atoms with van der Waals surface area (Å²) >= 11 is 1.70. The first kappa shape index (κ1) is 19.6. The van der Waals surface area contributed by atoms with Gasteiger partial charge in [-0.15, -0.1) is 11.3 Å². The maximum atomic E-state index is 6.01. The molecule has 0 fully saturated rings. The molecule has 3 rings (SSSR count). The van der Waals surface area contributed by atoms with E-state index in [1.807, 2.05) is 26.0 Å². The zero-order chi connectivity index (χ0) is 19.7. The molecule has 2 heterocycles. The third-order valence-electron chi connectivity index (χ3n) is 5.13. The van der Waals surface area contributed by atoms with Gasteiger partial charge >= 0.3 is 0 Å². The Hall–Kier alpha value is -2.18. The molecule has 144 valence electrons. The number of ether oxygens (including phenoxy) is 1. The summed E-state index contributed by atoms with van der Waals surface area (Å²) in [6.45, 7) is 11.0. The van der Waals surface area contributed by atoms with Crippen molar-refractivity contribution < 1.29 is 9.15 Å². The standard InChI is InChI=1S/C21H27N3O2S/c1-12-11-27-21(22-12)15(4)24(6)10-18-16(5)26-20(23-18)17-8-9-19(25-7)14(3)13(17)2/h8-9,11,15H,10H2,1-7H3/t15-/m0/s1. The van der Waals surface area contributed by atoms with Crippen LogP contribution in [-0.4, -0.2) is 29.0 Å². The van der Waals surface area contributed by atoms with Gasteiger partial charge in [-0.3, -0.25) is 4.90 Å². The number of hydrogen-bond donors (Lipinski definition) is 0. The fourth-order valence-electron chi connectivity index (χ4n) is 3.06. The number of thiazole rings is 1. The SMILES string of the molecule is COc1ccc(-c2nc(CN(C)[C@@H](C)c3nc(C)cs3)c(C)o2)c(C)c1C.